The maximum Gasteiger partial charge on any atom is 0.159 e. The second-order valence-corrected chi connectivity index (χ2v) is 8.68. The number of thioether (sulfide) groups is 1. The molecule has 0 N–H and O–H groups in total. The van der Waals surface area contributed by atoms with Gasteiger partial charge in [-0.05, 0) is 17.7 Å². The zero-order valence-electron chi connectivity index (χ0n) is 11.0. The number of hydrogen-bond donors (Lipinski definition) is 0. The Bertz CT molecular complexity index is 643. The highest BCUT2D eigenvalue weighted by Gasteiger charge is 2.44. The van der Waals surface area contributed by atoms with Gasteiger partial charge in [0, 0.05) is 17.8 Å². The molecule has 0 aliphatic carbocycles. The minimum absolute atomic E-state index is 0.0210. The van der Waals surface area contributed by atoms with E-state index >= 15 is 0 Å². The molecule has 0 bridgehead atoms. The predicted molar refractivity (Wildman–Crippen MR) is 84.2 cm³/mol. The topological polar surface area (TPSA) is 49.7 Å². The van der Waals surface area contributed by atoms with Crippen LogP contribution in [-0.4, -0.2) is 49.1 Å². The Morgan fingerprint density at radius 1 is 1.35 bits per heavy atom. The Labute approximate surface area is 128 Å². The monoisotopic (exact) mass is 330 g/mol. The summed E-state index contributed by atoms with van der Waals surface area (Å²) < 4.78 is 23.2. The van der Waals surface area contributed by atoms with Crippen LogP contribution in [-0.2, 0) is 15.6 Å². The minimum Gasteiger partial charge on any atom is -0.348 e. The molecule has 108 valence electrons. The van der Waals surface area contributed by atoms with Crippen molar-refractivity contribution >= 4 is 38.4 Å². The van der Waals surface area contributed by atoms with Gasteiger partial charge in [-0.25, -0.2) is 8.42 Å². The molecule has 0 saturated carbocycles. The van der Waals surface area contributed by atoms with Crippen LogP contribution in [0.25, 0.3) is 0 Å². The summed E-state index contributed by atoms with van der Waals surface area (Å²) in [5.41, 5.74) is 1.18. The first-order valence-corrected chi connectivity index (χ1v) is 9.51. The maximum absolute atomic E-state index is 11.6. The number of benzene rings is 1. The summed E-state index contributed by atoms with van der Waals surface area (Å²) >= 11 is 7.50. The molecule has 7 heteroatoms. The number of nitrogens with zero attached hydrogens (tertiary/aromatic N) is 2. The van der Waals surface area contributed by atoms with Crippen LogP contribution in [0, 0.1) is 0 Å². The predicted octanol–water partition coefficient (Wildman–Crippen LogP) is 2.04. The summed E-state index contributed by atoms with van der Waals surface area (Å²) in [4.78, 5) is 6.57. The lowest BCUT2D eigenvalue weighted by atomic mass is 10.2. The van der Waals surface area contributed by atoms with Crippen molar-refractivity contribution in [2.24, 2.45) is 4.99 Å². The van der Waals surface area contributed by atoms with Crippen molar-refractivity contribution in [1.29, 1.82) is 0 Å². The molecule has 0 spiro atoms. The zero-order valence-corrected chi connectivity index (χ0v) is 13.4. The van der Waals surface area contributed by atoms with Crippen molar-refractivity contribution < 1.29 is 8.42 Å². The van der Waals surface area contributed by atoms with Crippen LogP contribution >= 0.6 is 23.4 Å². The van der Waals surface area contributed by atoms with Crippen LogP contribution in [0.4, 0.5) is 0 Å². The molecule has 3 rings (SSSR count). The number of hydrogen-bond acceptors (Lipinski definition) is 5. The lowest BCUT2D eigenvalue weighted by Crippen LogP contribution is -2.35. The molecular weight excluding hydrogens is 316 g/mol. The molecule has 4 nitrogen and oxygen atoms in total. The number of aliphatic imine (C=N–C) groups is 1. The molecule has 2 aliphatic heterocycles. The molecular formula is C13H15ClN2O2S2. The van der Waals surface area contributed by atoms with Gasteiger partial charge in [-0.1, -0.05) is 35.5 Å². The molecule has 0 radical (unpaired) electrons. The third-order valence-corrected chi connectivity index (χ3v) is 6.73. The van der Waals surface area contributed by atoms with Crippen molar-refractivity contribution in [3.8, 4) is 0 Å². The quantitative estimate of drug-likeness (QED) is 0.832. The van der Waals surface area contributed by atoms with Gasteiger partial charge in [-0.15, -0.1) is 0 Å². The van der Waals surface area contributed by atoms with Crippen molar-refractivity contribution in [3.05, 3.63) is 34.9 Å². The van der Waals surface area contributed by atoms with Gasteiger partial charge in [-0.3, -0.25) is 4.99 Å². The van der Waals surface area contributed by atoms with E-state index in [0.717, 1.165) is 15.9 Å². The third kappa shape index (κ3) is 2.82. The van der Waals surface area contributed by atoms with E-state index in [4.69, 9.17) is 11.6 Å². The van der Waals surface area contributed by atoms with Crippen LogP contribution < -0.4 is 0 Å². The van der Waals surface area contributed by atoms with Crippen LogP contribution in [0.2, 0.25) is 5.02 Å². The summed E-state index contributed by atoms with van der Waals surface area (Å²) in [6, 6.07) is 7.68. The molecule has 1 aromatic carbocycles. The van der Waals surface area contributed by atoms with Gasteiger partial charge in [0.15, 0.2) is 15.0 Å². The average molecular weight is 331 g/mol. The number of halogens is 1. The highest BCUT2D eigenvalue weighted by molar-refractivity contribution is 8.13. The normalized spacial score (nSPS) is 27.5. The van der Waals surface area contributed by atoms with Gasteiger partial charge in [0.25, 0.3) is 0 Å². The highest BCUT2D eigenvalue weighted by atomic mass is 35.5. The van der Waals surface area contributed by atoms with Crippen LogP contribution in [0.5, 0.6) is 0 Å². The first-order valence-electron chi connectivity index (χ1n) is 6.33. The summed E-state index contributed by atoms with van der Waals surface area (Å²) in [5.74, 6) is 1.22. The number of amidine groups is 1. The second kappa shape index (κ2) is 5.24. The fourth-order valence-corrected chi connectivity index (χ4v) is 5.63. The first-order chi connectivity index (χ1) is 9.44. The van der Waals surface area contributed by atoms with Crippen LogP contribution in [0.1, 0.15) is 5.56 Å². The summed E-state index contributed by atoms with van der Waals surface area (Å²) in [5, 5.41) is 1.67. The first kappa shape index (κ1) is 14.2. The van der Waals surface area contributed by atoms with E-state index in [1.54, 1.807) is 11.8 Å². The Hall–Kier alpha value is -0.720. The standard InChI is InChI=1S/C13H15ClN2O2S2/c1-16-12-8-20(17,18)7-11(12)15-13(16)19-6-9-2-4-10(14)5-3-9/h2-5,11-12H,6-8H2,1H3/t11-,12+/m0/s1. The highest BCUT2D eigenvalue weighted by Crippen LogP contribution is 2.30. The fraction of sp³-hybridized carbons (Fsp3) is 0.462. The Morgan fingerprint density at radius 2 is 2.05 bits per heavy atom. The van der Waals surface area contributed by atoms with Crippen molar-refractivity contribution in [3.63, 3.8) is 0 Å². The van der Waals surface area contributed by atoms with Gasteiger partial charge in [0.1, 0.15) is 0 Å². The zero-order chi connectivity index (χ0) is 14.3. The number of likely N-dealkylation sites (N-methyl/N-ethyl adjacent to an activating group) is 1. The Morgan fingerprint density at radius 3 is 2.70 bits per heavy atom. The van der Waals surface area contributed by atoms with E-state index in [1.807, 2.05) is 36.2 Å². The lowest BCUT2D eigenvalue weighted by molar-refractivity contribution is 0.410. The maximum atomic E-state index is 11.6. The molecule has 2 atom stereocenters. The number of fused-ring (bicyclic) bond motifs is 1. The van der Waals surface area contributed by atoms with Crippen LogP contribution in [0.15, 0.2) is 29.3 Å². The van der Waals surface area contributed by atoms with Gasteiger partial charge in [0.05, 0.1) is 23.6 Å². The van der Waals surface area contributed by atoms with E-state index in [0.29, 0.717) is 0 Å². The molecule has 2 aliphatic rings. The fourth-order valence-electron chi connectivity index (χ4n) is 2.55. The summed E-state index contributed by atoms with van der Waals surface area (Å²) in [6.07, 6.45) is 0. The van der Waals surface area contributed by atoms with Crippen molar-refractivity contribution in [2.75, 3.05) is 18.6 Å². The van der Waals surface area contributed by atoms with Crippen molar-refractivity contribution in [2.45, 2.75) is 17.8 Å². The minimum atomic E-state index is -2.91. The van der Waals surface area contributed by atoms with Gasteiger partial charge >= 0.3 is 0 Å². The van der Waals surface area contributed by atoms with Crippen LogP contribution in [0.3, 0.4) is 0 Å². The number of sulfone groups is 1. The largest absolute Gasteiger partial charge is 0.348 e. The SMILES string of the molecule is CN1C(SCc2ccc(Cl)cc2)=N[C@H]2CS(=O)(=O)C[C@H]21. The molecule has 1 fully saturated rings. The molecule has 1 saturated heterocycles. The van der Waals surface area contributed by atoms with Crippen molar-refractivity contribution in [1.82, 2.24) is 4.90 Å². The molecule has 0 unspecified atom stereocenters. The molecule has 0 aromatic heterocycles. The summed E-state index contributed by atoms with van der Waals surface area (Å²) in [6.45, 7) is 0. The van der Waals surface area contributed by atoms with Gasteiger partial charge in [-0.2, -0.15) is 0 Å². The van der Waals surface area contributed by atoms with E-state index in [9.17, 15) is 8.42 Å². The van der Waals surface area contributed by atoms with E-state index in [2.05, 4.69) is 4.99 Å². The molecule has 0 amide bonds. The molecule has 20 heavy (non-hydrogen) atoms. The third-order valence-electron chi connectivity index (χ3n) is 3.65. The second-order valence-electron chi connectivity index (χ2n) is 5.15. The smallest absolute Gasteiger partial charge is 0.159 e. The Balaban J connectivity index is 1.66. The molecule has 1 aromatic rings. The average Bonchev–Trinajstić information content (AvgIpc) is 2.83. The van der Waals surface area contributed by atoms with Gasteiger partial charge < -0.3 is 4.90 Å². The Kier molecular flexibility index (Phi) is 3.73. The molecule has 2 heterocycles. The number of rotatable bonds is 2. The van der Waals surface area contributed by atoms with E-state index < -0.39 is 9.84 Å². The van der Waals surface area contributed by atoms with E-state index in [1.165, 1.54) is 5.56 Å². The summed E-state index contributed by atoms with van der Waals surface area (Å²) in [7, 11) is -0.977. The lowest BCUT2D eigenvalue weighted by Gasteiger charge is -2.20. The van der Waals surface area contributed by atoms with Gasteiger partial charge in [0.2, 0.25) is 0 Å². The van der Waals surface area contributed by atoms with E-state index in [-0.39, 0.29) is 23.6 Å².